The maximum atomic E-state index is 13.4. The van der Waals surface area contributed by atoms with Crippen LogP contribution in [-0.4, -0.2) is 25.0 Å². The van der Waals surface area contributed by atoms with Crippen LogP contribution in [-0.2, 0) is 0 Å². The Bertz CT molecular complexity index is 737. The molecule has 122 valence electrons. The SMILES string of the molecule is COc1ccc(Cl)cc1C(=O)N(C)C(C)c1ccc(F)c(F)c1. The standard InChI is InChI=1S/C17H16ClF2NO2/c1-10(11-4-6-14(19)15(20)8-11)21(2)17(22)13-9-12(18)5-7-16(13)23-3/h4-10H,1-3H3. The quantitative estimate of drug-likeness (QED) is 0.823. The molecule has 0 aliphatic rings. The summed E-state index contributed by atoms with van der Waals surface area (Å²) in [7, 11) is 3.04. The number of rotatable bonds is 4. The summed E-state index contributed by atoms with van der Waals surface area (Å²) in [6.45, 7) is 1.72. The van der Waals surface area contributed by atoms with E-state index in [0.29, 0.717) is 21.9 Å². The molecule has 23 heavy (non-hydrogen) atoms. The van der Waals surface area contributed by atoms with Gasteiger partial charge in [0.2, 0.25) is 0 Å². The van der Waals surface area contributed by atoms with Crippen molar-refractivity contribution in [3.8, 4) is 5.75 Å². The Hall–Kier alpha value is -2.14. The first kappa shape index (κ1) is 17.2. The van der Waals surface area contributed by atoms with Crippen LogP contribution >= 0.6 is 11.6 Å². The summed E-state index contributed by atoms with van der Waals surface area (Å²) in [6, 6.07) is 7.85. The molecule has 0 aromatic heterocycles. The van der Waals surface area contributed by atoms with Crippen LogP contribution in [0.4, 0.5) is 8.78 Å². The Labute approximate surface area is 138 Å². The fraction of sp³-hybridized carbons (Fsp3) is 0.235. The van der Waals surface area contributed by atoms with E-state index in [0.717, 1.165) is 12.1 Å². The zero-order valence-electron chi connectivity index (χ0n) is 12.9. The highest BCUT2D eigenvalue weighted by Gasteiger charge is 2.23. The summed E-state index contributed by atoms with van der Waals surface area (Å²) in [6.07, 6.45) is 0. The third-order valence-electron chi connectivity index (χ3n) is 3.72. The van der Waals surface area contributed by atoms with Gasteiger partial charge in [-0.2, -0.15) is 0 Å². The van der Waals surface area contributed by atoms with Crippen LogP contribution in [0.15, 0.2) is 36.4 Å². The van der Waals surface area contributed by atoms with Gasteiger partial charge in [0.05, 0.1) is 18.7 Å². The number of halogens is 3. The van der Waals surface area contributed by atoms with E-state index in [4.69, 9.17) is 16.3 Å². The van der Waals surface area contributed by atoms with E-state index in [-0.39, 0.29) is 5.91 Å². The van der Waals surface area contributed by atoms with Crippen molar-refractivity contribution >= 4 is 17.5 Å². The number of hydrogen-bond acceptors (Lipinski definition) is 2. The zero-order chi connectivity index (χ0) is 17.1. The number of methoxy groups -OCH3 is 1. The third-order valence-corrected chi connectivity index (χ3v) is 3.95. The lowest BCUT2D eigenvalue weighted by atomic mass is 10.1. The maximum Gasteiger partial charge on any atom is 0.257 e. The van der Waals surface area contributed by atoms with Gasteiger partial charge in [-0.25, -0.2) is 8.78 Å². The van der Waals surface area contributed by atoms with Crippen molar-refractivity contribution in [1.29, 1.82) is 0 Å². The molecule has 0 bridgehead atoms. The van der Waals surface area contributed by atoms with Crippen molar-refractivity contribution in [1.82, 2.24) is 4.90 Å². The molecule has 0 spiro atoms. The van der Waals surface area contributed by atoms with Crippen molar-refractivity contribution in [2.75, 3.05) is 14.2 Å². The third kappa shape index (κ3) is 3.62. The summed E-state index contributed by atoms with van der Waals surface area (Å²) >= 11 is 5.94. The molecule has 3 nitrogen and oxygen atoms in total. The number of carbonyl (C=O) groups is 1. The van der Waals surface area contributed by atoms with Gasteiger partial charge in [0.15, 0.2) is 11.6 Å². The summed E-state index contributed by atoms with van der Waals surface area (Å²) in [4.78, 5) is 14.1. The van der Waals surface area contributed by atoms with Gasteiger partial charge in [-0.3, -0.25) is 4.79 Å². The highest BCUT2D eigenvalue weighted by Crippen LogP contribution is 2.27. The summed E-state index contributed by atoms with van der Waals surface area (Å²) in [5.41, 5.74) is 0.790. The minimum Gasteiger partial charge on any atom is -0.496 e. The van der Waals surface area contributed by atoms with E-state index >= 15 is 0 Å². The number of carbonyl (C=O) groups excluding carboxylic acids is 1. The van der Waals surface area contributed by atoms with Crippen LogP contribution in [0.1, 0.15) is 28.9 Å². The Balaban J connectivity index is 2.31. The minimum absolute atomic E-state index is 0.303. The second-order valence-electron chi connectivity index (χ2n) is 5.11. The molecule has 1 unspecified atom stereocenters. The van der Waals surface area contributed by atoms with Crippen LogP contribution in [0.2, 0.25) is 5.02 Å². The van der Waals surface area contributed by atoms with Gasteiger partial charge in [0.1, 0.15) is 5.75 Å². The van der Waals surface area contributed by atoms with Gasteiger partial charge in [-0.15, -0.1) is 0 Å². The predicted octanol–water partition coefficient (Wildman–Crippen LogP) is 4.46. The first-order chi connectivity index (χ1) is 10.8. The number of nitrogens with zero attached hydrogens (tertiary/aromatic N) is 1. The van der Waals surface area contributed by atoms with Crippen molar-refractivity contribution in [2.45, 2.75) is 13.0 Å². The van der Waals surface area contributed by atoms with E-state index in [1.807, 2.05) is 0 Å². The van der Waals surface area contributed by atoms with Crippen LogP contribution in [0.3, 0.4) is 0 Å². The van der Waals surface area contributed by atoms with Crippen LogP contribution < -0.4 is 4.74 Å². The van der Waals surface area contributed by atoms with Crippen molar-refractivity contribution in [2.24, 2.45) is 0 Å². The normalized spacial score (nSPS) is 11.9. The average Bonchev–Trinajstić information content (AvgIpc) is 2.55. The molecule has 0 aliphatic carbocycles. The van der Waals surface area contributed by atoms with Gasteiger partial charge < -0.3 is 9.64 Å². The number of amides is 1. The number of benzene rings is 2. The highest BCUT2D eigenvalue weighted by atomic mass is 35.5. The number of ether oxygens (including phenoxy) is 1. The molecule has 2 rings (SSSR count). The Morgan fingerprint density at radius 2 is 1.87 bits per heavy atom. The summed E-state index contributed by atoms with van der Waals surface area (Å²) in [5.74, 6) is -1.81. The minimum atomic E-state index is -0.949. The van der Waals surface area contributed by atoms with E-state index in [1.54, 1.807) is 26.1 Å². The summed E-state index contributed by atoms with van der Waals surface area (Å²) in [5, 5.41) is 0.406. The van der Waals surface area contributed by atoms with E-state index in [2.05, 4.69) is 0 Å². The van der Waals surface area contributed by atoms with E-state index in [9.17, 15) is 13.6 Å². The molecule has 2 aromatic rings. The average molecular weight is 340 g/mol. The fourth-order valence-corrected chi connectivity index (χ4v) is 2.38. The van der Waals surface area contributed by atoms with E-state index in [1.165, 1.54) is 24.1 Å². The Morgan fingerprint density at radius 3 is 2.48 bits per heavy atom. The topological polar surface area (TPSA) is 29.5 Å². The zero-order valence-corrected chi connectivity index (χ0v) is 13.7. The van der Waals surface area contributed by atoms with Gasteiger partial charge in [-0.05, 0) is 42.8 Å². The molecule has 0 radical (unpaired) electrons. The smallest absolute Gasteiger partial charge is 0.257 e. The second-order valence-corrected chi connectivity index (χ2v) is 5.55. The fourth-order valence-electron chi connectivity index (χ4n) is 2.21. The molecule has 0 fully saturated rings. The Morgan fingerprint density at radius 1 is 1.17 bits per heavy atom. The van der Waals surface area contributed by atoms with Crippen molar-refractivity contribution < 1.29 is 18.3 Å². The maximum absolute atomic E-state index is 13.4. The molecular formula is C17H16ClF2NO2. The molecule has 0 saturated heterocycles. The first-order valence-electron chi connectivity index (χ1n) is 6.90. The molecule has 0 N–H and O–H groups in total. The first-order valence-corrected chi connectivity index (χ1v) is 7.28. The van der Waals surface area contributed by atoms with Gasteiger partial charge in [0, 0.05) is 12.1 Å². The predicted molar refractivity (Wildman–Crippen MR) is 84.9 cm³/mol. The molecule has 2 aromatic carbocycles. The Kier molecular flexibility index (Phi) is 5.21. The van der Waals surface area contributed by atoms with Crippen LogP contribution in [0, 0.1) is 11.6 Å². The largest absolute Gasteiger partial charge is 0.496 e. The lowest BCUT2D eigenvalue weighted by Crippen LogP contribution is -2.30. The van der Waals surface area contributed by atoms with Crippen molar-refractivity contribution in [3.05, 3.63) is 64.2 Å². The molecule has 1 atom stereocenters. The molecule has 0 aliphatic heterocycles. The second kappa shape index (κ2) is 6.96. The van der Waals surface area contributed by atoms with Crippen LogP contribution in [0.25, 0.3) is 0 Å². The van der Waals surface area contributed by atoms with Gasteiger partial charge in [-0.1, -0.05) is 17.7 Å². The lowest BCUT2D eigenvalue weighted by molar-refractivity contribution is 0.0739. The molecule has 0 heterocycles. The lowest BCUT2D eigenvalue weighted by Gasteiger charge is -2.26. The molecule has 6 heteroatoms. The highest BCUT2D eigenvalue weighted by molar-refractivity contribution is 6.31. The van der Waals surface area contributed by atoms with Crippen molar-refractivity contribution in [3.63, 3.8) is 0 Å². The van der Waals surface area contributed by atoms with Gasteiger partial charge >= 0.3 is 0 Å². The summed E-state index contributed by atoms with van der Waals surface area (Å²) < 4.78 is 31.6. The number of hydrogen-bond donors (Lipinski definition) is 0. The molecule has 1 amide bonds. The van der Waals surface area contributed by atoms with E-state index < -0.39 is 17.7 Å². The van der Waals surface area contributed by atoms with Crippen LogP contribution in [0.5, 0.6) is 5.75 Å². The monoisotopic (exact) mass is 339 g/mol. The van der Waals surface area contributed by atoms with Gasteiger partial charge in [0.25, 0.3) is 5.91 Å². The molecular weight excluding hydrogens is 324 g/mol. The molecule has 0 saturated carbocycles.